The van der Waals surface area contributed by atoms with Crippen molar-refractivity contribution >= 4 is 11.6 Å². The van der Waals surface area contributed by atoms with Crippen molar-refractivity contribution < 1.29 is 9.47 Å². The predicted octanol–water partition coefficient (Wildman–Crippen LogP) is 1.66. The molecule has 2 aromatic heterocycles. The van der Waals surface area contributed by atoms with Crippen LogP contribution in [0.1, 0.15) is 0 Å². The van der Waals surface area contributed by atoms with E-state index in [1.165, 1.54) is 13.4 Å². The van der Waals surface area contributed by atoms with Gasteiger partial charge in [0, 0.05) is 7.05 Å². The Morgan fingerprint density at radius 3 is 2.81 bits per heavy atom. The molecule has 16 heavy (non-hydrogen) atoms. The molecule has 2 rings (SSSR count). The van der Waals surface area contributed by atoms with Gasteiger partial charge in [0.05, 0.1) is 19.5 Å². The molecule has 0 unspecified atom stereocenters. The van der Waals surface area contributed by atoms with Gasteiger partial charge in [-0.05, 0) is 0 Å². The molecule has 0 saturated carbocycles. The first kappa shape index (κ1) is 10.7. The predicted molar refractivity (Wildman–Crippen MR) is 56.9 cm³/mol. The first-order valence-corrected chi connectivity index (χ1v) is 4.79. The zero-order chi connectivity index (χ0) is 11.5. The molecule has 0 atom stereocenters. The number of aromatic nitrogens is 4. The fourth-order valence-electron chi connectivity index (χ4n) is 1.14. The highest BCUT2D eigenvalue weighted by Crippen LogP contribution is 2.33. The smallest absolute Gasteiger partial charge is 0.267 e. The molecule has 0 aliphatic carbocycles. The summed E-state index contributed by atoms with van der Waals surface area (Å²) in [5.74, 6) is 1.11. The third-order valence-electron chi connectivity index (χ3n) is 1.83. The van der Waals surface area contributed by atoms with E-state index in [1.807, 2.05) is 0 Å². The molecular formula is C9H9ClN4O2. The third-order valence-corrected chi connectivity index (χ3v) is 2.10. The van der Waals surface area contributed by atoms with Crippen LogP contribution < -0.4 is 9.47 Å². The average molecular weight is 241 g/mol. The van der Waals surface area contributed by atoms with Crippen LogP contribution >= 0.6 is 11.6 Å². The Balaban J connectivity index is 2.30. The largest absolute Gasteiger partial charge is 0.489 e. The summed E-state index contributed by atoms with van der Waals surface area (Å²) in [5, 5.41) is 4.17. The molecule has 0 aliphatic heterocycles. The van der Waals surface area contributed by atoms with Crippen LogP contribution in [0.15, 0.2) is 18.7 Å². The van der Waals surface area contributed by atoms with E-state index < -0.39 is 0 Å². The van der Waals surface area contributed by atoms with Gasteiger partial charge in [-0.15, -0.1) is 0 Å². The highest BCUT2D eigenvalue weighted by molar-refractivity contribution is 6.31. The van der Waals surface area contributed by atoms with Crippen molar-refractivity contribution in [2.45, 2.75) is 0 Å². The molecule has 7 heteroatoms. The molecule has 0 amide bonds. The molecule has 84 valence electrons. The number of hydrogen-bond donors (Lipinski definition) is 0. The van der Waals surface area contributed by atoms with Crippen molar-refractivity contribution in [3.05, 3.63) is 23.9 Å². The minimum atomic E-state index is 0.205. The Morgan fingerprint density at radius 1 is 1.38 bits per heavy atom. The Bertz CT molecular complexity index is 500. The number of aryl methyl sites for hydroxylation is 1. The summed E-state index contributed by atoms with van der Waals surface area (Å²) in [6.07, 6.45) is 4.57. The Morgan fingerprint density at radius 2 is 2.19 bits per heavy atom. The third kappa shape index (κ3) is 2.06. The number of hydrogen-bond acceptors (Lipinski definition) is 5. The Hall–Kier alpha value is -1.82. The number of nitrogens with zero attached hydrogens (tertiary/aromatic N) is 4. The Labute approximate surface area is 96.8 Å². The van der Waals surface area contributed by atoms with Gasteiger partial charge in [-0.2, -0.15) is 10.1 Å². The van der Waals surface area contributed by atoms with Gasteiger partial charge >= 0.3 is 0 Å². The molecule has 0 bridgehead atoms. The van der Waals surface area contributed by atoms with Crippen molar-refractivity contribution in [1.82, 2.24) is 19.7 Å². The molecule has 0 radical (unpaired) electrons. The van der Waals surface area contributed by atoms with Crippen LogP contribution in [0.3, 0.4) is 0 Å². The quantitative estimate of drug-likeness (QED) is 0.764. The van der Waals surface area contributed by atoms with Crippen LogP contribution in [-0.2, 0) is 7.05 Å². The molecule has 0 spiro atoms. The van der Waals surface area contributed by atoms with E-state index in [0.29, 0.717) is 11.5 Å². The fourth-order valence-corrected chi connectivity index (χ4v) is 1.35. The zero-order valence-electron chi connectivity index (χ0n) is 8.72. The second-order valence-electron chi connectivity index (χ2n) is 2.95. The number of halogens is 1. The lowest BCUT2D eigenvalue weighted by Crippen LogP contribution is -1.95. The summed E-state index contributed by atoms with van der Waals surface area (Å²) in [5.41, 5.74) is 0. The maximum absolute atomic E-state index is 5.82. The van der Waals surface area contributed by atoms with E-state index in [9.17, 15) is 0 Å². The summed E-state index contributed by atoms with van der Waals surface area (Å²) in [6.45, 7) is 0. The zero-order valence-corrected chi connectivity index (χ0v) is 9.47. The highest BCUT2D eigenvalue weighted by Gasteiger charge is 2.13. The van der Waals surface area contributed by atoms with Gasteiger partial charge in [0.2, 0.25) is 5.75 Å². The lowest BCUT2D eigenvalue weighted by molar-refractivity contribution is 0.367. The fraction of sp³-hybridized carbons (Fsp3) is 0.222. The van der Waals surface area contributed by atoms with Gasteiger partial charge in [-0.1, -0.05) is 11.6 Å². The highest BCUT2D eigenvalue weighted by atomic mass is 35.5. The van der Waals surface area contributed by atoms with Crippen molar-refractivity contribution in [1.29, 1.82) is 0 Å². The number of methoxy groups -OCH3 is 1. The first-order chi connectivity index (χ1) is 7.70. The Kier molecular flexibility index (Phi) is 2.91. The monoisotopic (exact) mass is 240 g/mol. The van der Waals surface area contributed by atoms with E-state index >= 15 is 0 Å². The normalized spacial score (nSPS) is 10.2. The first-order valence-electron chi connectivity index (χ1n) is 4.41. The SMILES string of the molecule is COc1c(Cl)ncnc1Oc1cnn(C)c1. The van der Waals surface area contributed by atoms with Crippen LogP contribution in [0, 0.1) is 0 Å². The van der Waals surface area contributed by atoms with Gasteiger partial charge < -0.3 is 9.47 Å². The maximum atomic E-state index is 5.82. The molecule has 0 N–H and O–H groups in total. The summed E-state index contributed by atoms with van der Waals surface area (Å²) < 4.78 is 12.1. The second kappa shape index (κ2) is 4.36. The van der Waals surface area contributed by atoms with Crippen LogP contribution in [0.4, 0.5) is 0 Å². The summed E-state index contributed by atoms with van der Waals surface area (Å²) >= 11 is 5.82. The summed E-state index contributed by atoms with van der Waals surface area (Å²) in [4.78, 5) is 7.72. The van der Waals surface area contributed by atoms with E-state index in [0.717, 1.165) is 0 Å². The lowest BCUT2D eigenvalue weighted by Gasteiger charge is -2.07. The molecular weight excluding hydrogens is 232 g/mol. The van der Waals surface area contributed by atoms with Crippen molar-refractivity contribution in [2.75, 3.05) is 7.11 Å². The molecule has 0 saturated heterocycles. The van der Waals surface area contributed by atoms with E-state index in [4.69, 9.17) is 21.1 Å². The molecule has 0 aliphatic rings. The number of rotatable bonds is 3. The van der Waals surface area contributed by atoms with Gasteiger partial charge in [-0.25, -0.2) is 4.98 Å². The van der Waals surface area contributed by atoms with Gasteiger partial charge in [0.1, 0.15) is 6.33 Å². The molecule has 6 nitrogen and oxygen atoms in total. The molecule has 0 fully saturated rings. The summed E-state index contributed by atoms with van der Waals surface area (Å²) in [7, 11) is 3.26. The number of ether oxygens (including phenoxy) is 2. The maximum Gasteiger partial charge on any atom is 0.267 e. The van der Waals surface area contributed by atoms with Crippen LogP contribution in [-0.4, -0.2) is 26.9 Å². The molecule has 2 aromatic rings. The van der Waals surface area contributed by atoms with Crippen molar-refractivity contribution in [3.8, 4) is 17.4 Å². The molecule has 2 heterocycles. The van der Waals surface area contributed by atoms with Gasteiger partial charge in [0.15, 0.2) is 10.9 Å². The minimum absolute atomic E-state index is 0.205. The van der Waals surface area contributed by atoms with Gasteiger partial charge in [-0.3, -0.25) is 4.68 Å². The summed E-state index contributed by atoms with van der Waals surface area (Å²) in [6, 6.07) is 0. The van der Waals surface area contributed by atoms with Crippen LogP contribution in [0.25, 0.3) is 0 Å². The van der Waals surface area contributed by atoms with Crippen molar-refractivity contribution in [2.24, 2.45) is 7.05 Å². The van der Waals surface area contributed by atoms with Gasteiger partial charge in [0.25, 0.3) is 5.88 Å². The van der Waals surface area contributed by atoms with Crippen molar-refractivity contribution in [3.63, 3.8) is 0 Å². The van der Waals surface area contributed by atoms with E-state index in [-0.39, 0.29) is 11.0 Å². The minimum Gasteiger partial charge on any atom is -0.489 e. The average Bonchev–Trinajstić information content (AvgIpc) is 2.64. The van der Waals surface area contributed by atoms with Crippen LogP contribution in [0.2, 0.25) is 5.15 Å². The topological polar surface area (TPSA) is 62.1 Å². The lowest BCUT2D eigenvalue weighted by atomic mass is 10.5. The second-order valence-corrected chi connectivity index (χ2v) is 3.31. The molecule has 0 aromatic carbocycles. The van der Waals surface area contributed by atoms with E-state index in [2.05, 4.69) is 15.1 Å². The van der Waals surface area contributed by atoms with Crippen LogP contribution in [0.5, 0.6) is 17.4 Å². The van der Waals surface area contributed by atoms with E-state index in [1.54, 1.807) is 24.1 Å². The standard InChI is InChI=1S/C9H9ClN4O2/c1-14-4-6(3-13-14)16-9-7(15-2)8(10)11-5-12-9/h3-5H,1-2H3.